The summed E-state index contributed by atoms with van der Waals surface area (Å²) in [6.07, 6.45) is 0.293. The van der Waals surface area contributed by atoms with Crippen molar-refractivity contribution in [3.05, 3.63) is 21.6 Å². The Bertz CT molecular complexity index is 470. The van der Waals surface area contributed by atoms with Crippen molar-refractivity contribution in [3.63, 3.8) is 0 Å². The number of hydrogen-bond acceptors (Lipinski definition) is 5. The van der Waals surface area contributed by atoms with Gasteiger partial charge in [-0.1, -0.05) is 11.8 Å². The molecule has 2 N–H and O–H groups in total. The first-order valence-corrected chi connectivity index (χ1v) is 6.21. The number of aromatic nitrogens is 2. The van der Waals surface area contributed by atoms with E-state index in [1.54, 1.807) is 13.8 Å². The van der Waals surface area contributed by atoms with Crippen molar-refractivity contribution in [2.24, 2.45) is 0 Å². The SMILES string of the molecule is CC(=O)C(C)Sc1nc(C)c(CCO)c(=O)[nH]1. The fourth-order valence-corrected chi connectivity index (χ4v) is 2.14. The molecule has 0 saturated carbocycles. The summed E-state index contributed by atoms with van der Waals surface area (Å²) in [6.45, 7) is 4.91. The molecule has 1 heterocycles. The zero-order valence-corrected chi connectivity index (χ0v) is 10.9. The lowest BCUT2D eigenvalue weighted by Crippen LogP contribution is -2.19. The molecule has 0 saturated heterocycles. The summed E-state index contributed by atoms with van der Waals surface area (Å²) < 4.78 is 0. The topological polar surface area (TPSA) is 83.0 Å². The molecule has 1 unspecified atom stereocenters. The van der Waals surface area contributed by atoms with Crippen molar-refractivity contribution in [2.75, 3.05) is 6.61 Å². The van der Waals surface area contributed by atoms with Gasteiger partial charge < -0.3 is 10.1 Å². The van der Waals surface area contributed by atoms with Gasteiger partial charge in [0.15, 0.2) is 5.16 Å². The summed E-state index contributed by atoms with van der Waals surface area (Å²) in [4.78, 5) is 29.7. The third-order valence-corrected chi connectivity index (χ3v) is 3.53. The number of aryl methyl sites for hydroxylation is 1. The minimum absolute atomic E-state index is 0.0368. The Hall–Kier alpha value is -1.14. The average molecular weight is 256 g/mol. The molecule has 1 rings (SSSR count). The molecule has 0 aromatic carbocycles. The van der Waals surface area contributed by atoms with Gasteiger partial charge in [0.1, 0.15) is 5.78 Å². The zero-order valence-electron chi connectivity index (χ0n) is 10.1. The van der Waals surface area contributed by atoms with E-state index >= 15 is 0 Å². The highest BCUT2D eigenvalue weighted by Crippen LogP contribution is 2.19. The Morgan fingerprint density at radius 1 is 1.59 bits per heavy atom. The van der Waals surface area contributed by atoms with E-state index in [1.807, 2.05) is 0 Å². The van der Waals surface area contributed by atoms with Crippen LogP contribution < -0.4 is 5.56 Å². The second-order valence-corrected chi connectivity index (χ2v) is 5.11. The van der Waals surface area contributed by atoms with E-state index in [0.717, 1.165) is 0 Å². The van der Waals surface area contributed by atoms with Crippen LogP contribution in [0.5, 0.6) is 0 Å². The van der Waals surface area contributed by atoms with Crippen LogP contribution in [0.3, 0.4) is 0 Å². The number of ketones is 1. The van der Waals surface area contributed by atoms with E-state index in [0.29, 0.717) is 22.8 Å². The van der Waals surface area contributed by atoms with Crippen LogP contribution in [-0.4, -0.2) is 32.7 Å². The van der Waals surface area contributed by atoms with Crippen LogP contribution in [0.15, 0.2) is 9.95 Å². The third kappa shape index (κ3) is 3.67. The van der Waals surface area contributed by atoms with Crippen LogP contribution in [0.25, 0.3) is 0 Å². The summed E-state index contributed by atoms with van der Waals surface area (Å²) in [7, 11) is 0. The quantitative estimate of drug-likeness (QED) is 0.598. The van der Waals surface area contributed by atoms with Gasteiger partial charge in [-0.25, -0.2) is 4.98 Å². The van der Waals surface area contributed by atoms with Gasteiger partial charge in [-0.2, -0.15) is 0 Å². The smallest absolute Gasteiger partial charge is 0.255 e. The molecule has 0 aliphatic carbocycles. The molecule has 0 radical (unpaired) electrons. The molecule has 1 aromatic rings. The number of carbonyl (C=O) groups excluding carboxylic acids is 1. The number of Topliss-reactive ketones (excluding diaryl/α,β-unsaturated/α-hetero) is 1. The molecule has 0 fully saturated rings. The van der Waals surface area contributed by atoms with Crippen LogP contribution >= 0.6 is 11.8 Å². The monoisotopic (exact) mass is 256 g/mol. The number of H-pyrrole nitrogens is 1. The summed E-state index contributed by atoms with van der Waals surface area (Å²) in [5.41, 5.74) is 0.846. The standard InChI is InChI=1S/C11H16N2O3S/c1-6-9(4-5-14)10(16)13-11(12-6)17-8(3)7(2)15/h8,14H,4-5H2,1-3H3,(H,12,13,16). The zero-order chi connectivity index (χ0) is 13.0. The number of nitrogens with zero attached hydrogens (tertiary/aromatic N) is 1. The summed E-state index contributed by atoms with van der Waals surface area (Å²) in [6, 6.07) is 0. The molecule has 0 spiro atoms. The lowest BCUT2D eigenvalue weighted by Gasteiger charge is -2.08. The fourth-order valence-electron chi connectivity index (χ4n) is 1.30. The van der Waals surface area contributed by atoms with Crippen molar-refractivity contribution in [1.82, 2.24) is 9.97 Å². The Kier molecular flexibility index (Phi) is 4.89. The van der Waals surface area contributed by atoms with E-state index in [2.05, 4.69) is 9.97 Å². The molecular formula is C11H16N2O3S. The molecular weight excluding hydrogens is 240 g/mol. The minimum Gasteiger partial charge on any atom is -0.396 e. The number of thioether (sulfide) groups is 1. The highest BCUT2D eigenvalue weighted by molar-refractivity contribution is 8.00. The number of nitrogens with one attached hydrogen (secondary N) is 1. The molecule has 0 amide bonds. The Labute approximate surface area is 104 Å². The molecule has 5 nitrogen and oxygen atoms in total. The lowest BCUT2D eigenvalue weighted by atomic mass is 10.2. The van der Waals surface area contributed by atoms with Gasteiger partial charge in [-0.15, -0.1) is 0 Å². The van der Waals surface area contributed by atoms with Crippen molar-refractivity contribution in [2.45, 2.75) is 37.6 Å². The predicted molar refractivity (Wildman–Crippen MR) is 66.4 cm³/mol. The van der Waals surface area contributed by atoms with Crippen LogP contribution in [0, 0.1) is 6.92 Å². The number of aromatic amines is 1. The van der Waals surface area contributed by atoms with Crippen LogP contribution in [0.4, 0.5) is 0 Å². The molecule has 0 aliphatic heterocycles. The van der Waals surface area contributed by atoms with Crippen molar-refractivity contribution in [3.8, 4) is 0 Å². The Morgan fingerprint density at radius 3 is 2.71 bits per heavy atom. The highest BCUT2D eigenvalue weighted by atomic mass is 32.2. The van der Waals surface area contributed by atoms with Gasteiger partial charge in [-0.05, 0) is 20.8 Å². The van der Waals surface area contributed by atoms with E-state index < -0.39 is 0 Å². The van der Waals surface area contributed by atoms with Crippen LogP contribution in [-0.2, 0) is 11.2 Å². The maximum atomic E-state index is 11.7. The van der Waals surface area contributed by atoms with E-state index in [9.17, 15) is 9.59 Å². The number of aliphatic hydroxyl groups is 1. The molecule has 6 heteroatoms. The number of carbonyl (C=O) groups is 1. The molecule has 0 aliphatic rings. The molecule has 1 atom stereocenters. The minimum atomic E-state index is -0.246. The number of rotatable bonds is 5. The first-order chi connectivity index (χ1) is 7.95. The largest absolute Gasteiger partial charge is 0.396 e. The summed E-state index contributed by atoms with van der Waals surface area (Å²) >= 11 is 1.23. The summed E-state index contributed by atoms with van der Waals surface area (Å²) in [5, 5.41) is 9.03. The Balaban J connectivity index is 2.98. The lowest BCUT2D eigenvalue weighted by molar-refractivity contribution is -0.116. The maximum absolute atomic E-state index is 11.7. The fraction of sp³-hybridized carbons (Fsp3) is 0.545. The van der Waals surface area contributed by atoms with Gasteiger partial charge in [-0.3, -0.25) is 9.59 Å². The second-order valence-electron chi connectivity index (χ2n) is 3.78. The maximum Gasteiger partial charge on any atom is 0.255 e. The highest BCUT2D eigenvalue weighted by Gasteiger charge is 2.13. The van der Waals surface area contributed by atoms with Crippen molar-refractivity contribution >= 4 is 17.5 Å². The number of aliphatic hydroxyl groups excluding tert-OH is 1. The van der Waals surface area contributed by atoms with Crippen molar-refractivity contribution in [1.29, 1.82) is 0 Å². The number of hydrogen-bond donors (Lipinski definition) is 2. The Morgan fingerprint density at radius 2 is 2.24 bits per heavy atom. The molecule has 94 valence electrons. The van der Waals surface area contributed by atoms with Crippen LogP contribution in [0.2, 0.25) is 0 Å². The van der Waals surface area contributed by atoms with E-state index in [-0.39, 0.29) is 23.2 Å². The van der Waals surface area contributed by atoms with Gasteiger partial charge in [0.2, 0.25) is 0 Å². The first kappa shape index (κ1) is 13.9. The first-order valence-electron chi connectivity index (χ1n) is 5.33. The predicted octanol–water partition coefficient (Wildman–Crippen LogP) is 0.683. The normalized spacial score (nSPS) is 12.5. The summed E-state index contributed by atoms with van der Waals surface area (Å²) in [5.74, 6) is 0.0368. The average Bonchev–Trinajstić information content (AvgIpc) is 2.23. The van der Waals surface area contributed by atoms with Gasteiger partial charge in [0.05, 0.1) is 5.25 Å². The molecule has 17 heavy (non-hydrogen) atoms. The molecule has 0 bridgehead atoms. The van der Waals surface area contributed by atoms with Gasteiger partial charge in [0, 0.05) is 24.3 Å². The van der Waals surface area contributed by atoms with E-state index in [4.69, 9.17) is 5.11 Å². The third-order valence-electron chi connectivity index (χ3n) is 2.42. The second kappa shape index (κ2) is 5.97. The van der Waals surface area contributed by atoms with Crippen molar-refractivity contribution < 1.29 is 9.90 Å². The molecule has 1 aromatic heterocycles. The van der Waals surface area contributed by atoms with E-state index in [1.165, 1.54) is 18.7 Å². The van der Waals surface area contributed by atoms with Gasteiger partial charge >= 0.3 is 0 Å². The van der Waals surface area contributed by atoms with Crippen LogP contribution in [0.1, 0.15) is 25.1 Å². The van der Waals surface area contributed by atoms with Gasteiger partial charge in [0.25, 0.3) is 5.56 Å².